The van der Waals surface area contributed by atoms with E-state index >= 15 is 0 Å². The molecule has 0 spiro atoms. The molecule has 0 radical (unpaired) electrons. The number of aryl methyl sites for hydroxylation is 1. The standard InChI is InChI=1S/C14H18BrN3/c1-3-17-13(14-9-16-10-18(14)2)8-11-5-4-6-12(15)7-11/h4-7,9-10,13,17H,3,8H2,1-2H3. The molecule has 0 bridgehead atoms. The monoisotopic (exact) mass is 307 g/mol. The van der Waals surface area contributed by atoms with E-state index in [1.54, 1.807) is 0 Å². The van der Waals surface area contributed by atoms with Crippen molar-refractivity contribution in [2.24, 2.45) is 7.05 Å². The zero-order valence-electron chi connectivity index (χ0n) is 10.7. The molecule has 0 amide bonds. The van der Waals surface area contributed by atoms with Crippen LogP contribution in [0.15, 0.2) is 41.3 Å². The molecule has 0 aliphatic rings. The van der Waals surface area contributed by atoms with E-state index in [0.717, 1.165) is 17.4 Å². The fourth-order valence-electron chi connectivity index (χ4n) is 2.13. The number of benzene rings is 1. The molecule has 2 rings (SSSR count). The highest BCUT2D eigenvalue weighted by molar-refractivity contribution is 9.10. The number of halogens is 1. The molecule has 0 saturated carbocycles. The SMILES string of the molecule is CCNC(Cc1cccc(Br)c1)c1cncn1C. The first-order chi connectivity index (χ1) is 8.70. The predicted molar refractivity (Wildman–Crippen MR) is 77.5 cm³/mol. The van der Waals surface area contributed by atoms with Gasteiger partial charge in [0, 0.05) is 17.7 Å². The third kappa shape index (κ3) is 3.21. The van der Waals surface area contributed by atoms with Gasteiger partial charge in [-0.05, 0) is 30.7 Å². The number of hydrogen-bond acceptors (Lipinski definition) is 2. The molecule has 1 atom stereocenters. The van der Waals surface area contributed by atoms with Gasteiger partial charge in [-0.1, -0.05) is 35.0 Å². The van der Waals surface area contributed by atoms with Crippen LogP contribution in [0.1, 0.15) is 24.2 Å². The molecule has 0 saturated heterocycles. The smallest absolute Gasteiger partial charge is 0.0946 e. The van der Waals surface area contributed by atoms with Crippen molar-refractivity contribution in [3.63, 3.8) is 0 Å². The van der Waals surface area contributed by atoms with Gasteiger partial charge in [0.1, 0.15) is 0 Å². The van der Waals surface area contributed by atoms with Crippen molar-refractivity contribution in [3.8, 4) is 0 Å². The minimum absolute atomic E-state index is 0.303. The third-order valence-corrected chi connectivity index (χ3v) is 3.48. The molecule has 4 heteroatoms. The Morgan fingerprint density at radius 3 is 2.89 bits per heavy atom. The summed E-state index contributed by atoms with van der Waals surface area (Å²) in [6.07, 6.45) is 4.75. The molecular formula is C14H18BrN3. The van der Waals surface area contributed by atoms with Crippen molar-refractivity contribution in [2.45, 2.75) is 19.4 Å². The molecule has 96 valence electrons. The predicted octanol–water partition coefficient (Wildman–Crippen LogP) is 3.08. The van der Waals surface area contributed by atoms with Gasteiger partial charge in [-0.25, -0.2) is 4.98 Å². The summed E-state index contributed by atoms with van der Waals surface area (Å²) in [4.78, 5) is 4.20. The van der Waals surface area contributed by atoms with Crippen LogP contribution in [0, 0.1) is 0 Å². The number of rotatable bonds is 5. The van der Waals surface area contributed by atoms with Crippen molar-refractivity contribution in [3.05, 3.63) is 52.5 Å². The number of aromatic nitrogens is 2. The highest BCUT2D eigenvalue weighted by Gasteiger charge is 2.14. The lowest BCUT2D eigenvalue weighted by atomic mass is 10.0. The molecule has 1 N–H and O–H groups in total. The average Bonchev–Trinajstić information content (AvgIpc) is 2.75. The maximum atomic E-state index is 4.20. The maximum absolute atomic E-state index is 4.20. The summed E-state index contributed by atoms with van der Waals surface area (Å²) in [5, 5.41) is 3.52. The summed E-state index contributed by atoms with van der Waals surface area (Å²) in [5.41, 5.74) is 2.54. The number of nitrogens with one attached hydrogen (secondary N) is 1. The molecule has 18 heavy (non-hydrogen) atoms. The maximum Gasteiger partial charge on any atom is 0.0946 e. The largest absolute Gasteiger partial charge is 0.336 e. The van der Waals surface area contributed by atoms with Crippen LogP contribution in [0.3, 0.4) is 0 Å². The van der Waals surface area contributed by atoms with Gasteiger partial charge in [-0.15, -0.1) is 0 Å². The molecule has 0 aliphatic carbocycles. The lowest BCUT2D eigenvalue weighted by Gasteiger charge is -2.18. The minimum atomic E-state index is 0.303. The quantitative estimate of drug-likeness (QED) is 0.920. The van der Waals surface area contributed by atoms with Gasteiger partial charge in [-0.3, -0.25) is 0 Å². The van der Waals surface area contributed by atoms with Crippen molar-refractivity contribution in [1.29, 1.82) is 0 Å². The molecule has 2 aromatic rings. The van der Waals surface area contributed by atoms with Crippen LogP contribution in [0.5, 0.6) is 0 Å². The number of imidazole rings is 1. The second-order valence-corrected chi connectivity index (χ2v) is 5.29. The van der Waals surface area contributed by atoms with E-state index in [-0.39, 0.29) is 0 Å². The molecule has 1 aromatic carbocycles. The van der Waals surface area contributed by atoms with E-state index in [9.17, 15) is 0 Å². The average molecular weight is 308 g/mol. The number of nitrogens with zero attached hydrogens (tertiary/aromatic N) is 2. The Morgan fingerprint density at radius 2 is 2.28 bits per heavy atom. The fourth-order valence-corrected chi connectivity index (χ4v) is 2.58. The van der Waals surface area contributed by atoms with E-state index in [4.69, 9.17) is 0 Å². The molecule has 1 unspecified atom stereocenters. The van der Waals surface area contributed by atoms with E-state index in [0.29, 0.717) is 6.04 Å². The first kappa shape index (κ1) is 13.3. The molecule has 1 aromatic heterocycles. The van der Waals surface area contributed by atoms with Crippen molar-refractivity contribution < 1.29 is 0 Å². The van der Waals surface area contributed by atoms with Gasteiger partial charge < -0.3 is 9.88 Å². The second kappa shape index (κ2) is 6.16. The Kier molecular flexibility index (Phi) is 4.55. The van der Waals surface area contributed by atoms with Crippen LogP contribution in [-0.2, 0) is 13.5 Å². The second-order valence-electron chi connectivity index (χ2n) is 4.37. The molecule has 0 fully saturated rings. The van der Waals surface area contributed by atoms with E-state index in [2.05, 4.69) is 62.0 Å². The highest BCUT2D eigenvalue weighted by atomic mass is 79.9. The minimum Gasteiger partial charge on any atom is -0.336 e. The van der Waals surface area contributed by atoms with Crippen LogP contribution in [0.25, 0.3) is 0 Å². The van der Waals surface area contributed by atoms with Crippen LogP contribution in [-0.4, -0.2) is 16.1 Å². The van der Waals surface area contributed by atoms with Crippen LogP contribution in [0.2, 0.25) is 0 Å². The normalized spacial score (nSPS) is 12.6. The highest BCUT2D eigenvalue weighted by Crippen LogP contribution is 2.20. The van der Waals surface area contributed by atoms with Crippen LogP contribution in [0.4, 0.5) is 0 Å². The number of hydrogen-bond donors (Lipinski definition) is 1. The topological polar surface area (TPSA) is 29.9 Å². The van der Waals surface area contributed by atoms with Crippen LogP contribution < -0.4 is 5.32 Å². The van der Waals surface area contributed by atoms with Gasteiger partial charge in [-0.2, -0.15) is 0 Å². The zero-order chi connectivity index (χ0) is 13.0. The van der Waals surface area contributed by atoms with Crippen molar-refractivity contribution in [1.82, 2.24) is 14.9 Å². The molecule has 3 nitrogen and oxygen atoms in total. The van der Waals surface area contributed by atoms with E-state index in [1.807, 2.05) is 19.6 Å². The van der Waals surface area contributed by atoms with Gasteiger partial charge in [0.15, 0.2) is 0 Å². The van der Waals surface area contributed by atoms with Gasteiger partial charge in [0.05, 0.1) is 18.1 Å². The summed E-state index contributed by atoms with van der Waals surface area (Å²) >= 11 is 3.52. The van der Waals surface area contributed by atoms with Crippen LogP contribution >= 0.6 is 15.9 Å². The summed E-state index contributed by atoms with van der Waals surface area (Å²) in [6.45, 7) is 3.08. The molecular weight excluding hydrogens is 290 g/mol. The van der Waals surface area contributed by atoms with Gasteiger partial charge in [0.2, 0.25) is 0 Å². The zero-order valence-corrected chi connectivity index (χ0v) is 12.3. The summed E-state index contributed by atoms with van der Waals surface area (Å²) < 4.78 is 3.20. The molecule has 1 heterocycles. The van der Waals surface area contributed by atoms with Crippen molar-refractivity contribution >= 4 is 15.9 Å². The number of likely N-dealkylation sites (N-methyl/N-ethyl adjacent to an activating group) is 1. The molecule has 0 aliphatic heterocycles. The first-order valence-electron chi connectivity index (χ1n) is 6.14. The van der Waals surface area contributed by atoms with Crippen molar-refractivity contribution in [2.75, 3.05) is 6.54 Å². The Labute approximate surface area is 116 Å². The lowest BCUT2D eigenvalue weighted by Crippen LogP contribution is -2.24. The third-order valence-electron chi connectivity index (χ3n) is 2.99. The first-order valence-corrected chi connectivity index (χ1v) is 6.94. The van der Waals surface area contributed by atoms with Gasteiger partial charge >= 0.3 is 0 Å². The Hall–Kier alpha value is -1.13. The van der Waals surface area contributed by atoms with Gasteiger partial charge in [0.25, 0.3) is 0 Å². The Balaban J connectivity index is 2.19. The Bertz CT molecular complexity index is 507. The Morgan fingerprint density at radius 1 is 1.44 bits per heavy atom. The summed E-state index contributed by atoms with van der Waals surface area (Å²) in [7, 11) is 2.04. The summed E-state index contributed by atoms with van der Waals surface area (Å²) in [5.74, 6) is 0. The fraction of sp³-hybridized carbons (Fsp3) is 0.357. The summed E-state index contributed by atoms with van der Waals surface area (Å²) in [6, 6.07) is 8.75. The lowest BCUT2D eigenvalue weighted by molar-refractivity contribution is 0.520. The van der Waals surface area contributed by atoms with E-state index in [1.165, 1.54) is 11.3 Å². The van der Waals surface area contributed by atoms with E-state index < -0.39 is 0 Å².